The minimum Gasteiger partial charge on any atom is -0.507 e. The molecule has 1 heterocycles. The van der Waals surface area contributed by atoms with Crippen LogP contribution in [0.5, 0.6) is 5.75 Å². The van der Waals surface area contributed by atoms with Gasteiger partial charge in [-0.05, 0) is 69.6 Å². The van der Waals surface area contributed by atoms with Gasteiger partial charge >= 0.3 is 0 Å². The molecule has 2 saturated carbocycles. The molecule has 11 heteroatoms. The first-order chi connectivity index (χ1) is 19.8. The number of anilines is 1. The highest BCUT2D eigenvalue weighted by molar-refractivity contribution is 6.32. The number of carbonyl (C=O) groups excluding carboxylic acids is 5. The van der Waals surface area contributed by atoms with Crippen LogP contribution in [0, 0.1) is 23.7 Å². The molecule has 4 N–H and O–H groups in total. The van der Waals surface area contributed by atoms with Crippen LogP contribution in [0.1, 0.15) is 34.3 Å². The molecule has 0 radical (unpaired) electrons. The highest BCUT2D eigenvalue weighted by Crippen LogP contribution is 2.53. The molecule has 4 aliphatic rings. The highest BCUT2D eigenvalue weighted by Gasteiger charge is 2.69. The minimum atomic E-state index is -2.74. The fourth-order valence-electron chi connectivity index (χ4n) is 7.91. The number of aliphatic hydroxyl groups is 1. The summed E-state index contributed by atoms with van der Waals surface area (Å²) >= 11 is 0. The second kappa shape index (κ2) is 9.68. The molecule has 6 rings (SSSR count). The number of ketones is 4. The third kappa shape index (κ3) is 3.79. The molecule has 42 heavy (non-hydrogen) atoms. The van der Waals surface area contributed by atoms with Crippen LogP contribution in [0.3, 0.4) is 0 Å². The zero-order valence-electron chi connectivity index (χ0n) is 24.2. The highest BCUT2D eigenvalue weighted by atomic mass is 16.3. The summed E-state index contributed by atoms with van der Waals surface area (Å²) < 4.78 is 0. The van der Waals surface area contributed by atoms with E-state index >= 15 is 0 Å². The van der Waals surface area contributed by atoms with Crippen molar-refractivity contribution in [3.8, 4) is 5.75 Å². The Hall–Kier alpha value is -3.67. The van der Waals surface area contributed by atoms with Crippen LogP contribution in [0.2, 0.25) is 0 Å². The van der Waals surface area contributed by atoms with Gasteiger partial charge in [-0.1, -0.05) is 12.1 Å². The average molecular weight is 577 g/mol. The Morgan fingerprint density at radius 3 is 2.33 bits per heavy atom. The zero-order chi connectivity index (χ0) is 30.4. The largest absolute Gasteiger partial charge is 0.507 e. The summed E-state index contributed by atoms with van der Waals surface area (Å²) in [5.41, 5.74) is 5.01. The molecule has 2 unspecified atom stereocenters. The summed E-state index contributed by atoms with van der Waals surface area (Å²) in [5.74, 6) is -10.4. The van der Waals surface area contributed by atoms with E-state index in [0.29, 0.717) is 17.5 Å². The number of carbonyl (C=O) groups is 5. The van der Waals surface area contributed by atoms with Gasteiger partial charge in [0.1, 0.15) is 5.75 Å². The molecule has 222 valence electrons. The number of hydrogen-bond acceptors (Lipinski definition) is 10. The number of amides is 1. The van der Waals surface area contributed by atoms with Crippen molar-refractivity contribution in [2.45, 2.75) is 37.5 Å². The van der Waals surface area contributed by atoms with E-state index in [2.05, 4.69) is 4.90 Å². The molecule has 3 fully saturated rings. The van der Waals surface area contributed by atoms with Crippen molar-refractivity contribution < 1.29 is 34.2 Å². The van der Waals surface area contributed by atoms with Crippen molar-refractivity contribution in [3.05, 3.63) is 34.9 Å². The number of primary amides is 1. The van der Waals surface area contributed by atoms with Crippen molar-refractivity contribution in [2.24, 2.45) is 29.4 Å². The van der Waals surface area contributed by atoms with Gasteiger partial charge < -0.3 is 20.8 Å². The second-order valence-electron chi connectivity index (χ2n) is 12.7. The van der Waals surface area contributed by atoms with Gasteiger partial charge in [0.2, 0.25) is 5.91 Å². The maximum Gasteiger partial charge on any atom is 0.235 e. The predicted molar refractivity (Wildman–Crippen MR) is 153 cm³/mol. The van der Waals surface area contributed by atoms with E-state index in [9.17, 15) is 34.2 Å². The topological polar surface area (TPSA) is 162 Å². The van der Waals surface area contributed by atoms with E-state index in [4.69, 9.17) is 5.73 Å². The molecule has 1 saturated heterocycles. The molecule has 0 aromatic heterocycles. The second-order valence-corrected chi connectivity index (χ2v) is 12.7. The van der Waals surface area contributed by atoms with Gasteiger partial charge in [-0.25, -0.2) is 0 Å². The van der Waals surface area contributed by atoms with Crippen LogP contribution in [-0.4, -0.2) is 102 Å². The van der Waals surface area contributed by atoms with Crippen LogP contribution in [0.4, 0.5) is 5.69 Å². The lowest BCUT2D eigenvalue weighted by Crippen LogP contribution is -2.74. The number of rotatable bonds is 5. The number of benzene rings is 2. The number of nitrogens with zero attached hydrogens (tertiary/aromatic N) is 3. The van der Waals surface area contributed by atoms with E-state index in [1.165, 1.54) is 4.90 Å². The average Bonchev–Trinajstić information content (AvgIpc) is 2.88. The van der Waals surface area contributed by atoms with E-state index in [1.807, 2.05) is 37.2 Å². The molecule has 3 aliphatic carbocycles. The standard InChI is InChI=1S/C31H36N4O7/c1-33(2)23-16-7-6-14(13-35-8-5-9-35)10-17(16)25(36)21-18(23)11-15-12-19-24(34(3)4)27(38)22(30(32)41)29(40)31(19,42)28(39)20(15)26(21)37/h6-7,10,15,19-20,22,24,36,42H,5,8-9,11-13H2,1-4H3,(H2,32,41)/t15-,19-,20?,22?,24-,31-/m0/s1. The van der Waals surface area contributed by atoms with Crippen molar-refractivity contribution in [2.75, 3.05) is 46.2 Å². The van der Waals surface area contributed by atoms with Gasteiger partial charge in [-0.15, -0.1) is 0 Å². The molecule has 1 aliphatic heterocycles. The Bertz CT molecular complexity index is 1580. The minimum absolute atomic E-state index is 0.0129. The molecular formula is C31H36N4O7. The maximum atomic E-state index is 14.2. The van der Waals surface area contributed by atoms with Crippen molar-refractivity contribution in [3.63, 3.8) is 0 Å². The number of likely N-dealkylation sites (N-methyl/N-ethyl adjacent to an activating group) is 1. The Morgan fingerprint density at radius 2 is 1.76 bits per heavy atom. The maximum absolute atomic E-state index is 14.2. The van der Waals surface area contributed by atoms with Gasteiger partial charge in [0.15, 0.2) is 34.7 Å². The van der Waals surface area contributed by atoms with Crippen LogP contribution >= 0.6 is 0 Å². The molecule has 0 spiro atoms. The smallest absolute Gasteiger partial charge is 0.235 e. The van der Waals surface area contributed by atoms with E-state index < -0.39 is 64.4 Å². The van der Waals surface area contributed by atoms with Crippen molar-refractivity contribution in [1.29, 1.82) is 0 Å². The molecule has 2 aromatic carbocycles. The lowest BCUT2D eigenvalue weighted by atomic mass is 9.52. The quantitative estimate of drug-likeness (QED) is 0.422. The molecule has 2 aromatic rings. The lowest BCUT2D eigenvalue weighted by Gasteiger charge is -2.52. The van der Waals surface area contributed by atoms with Gasteiger partial charge in [-0.2, -0.15) is 0 Å². The summed E-state index contributed by atoms with van der Waals surface area (Å²) in [7, 11) is 6.84. The summed E-state index contributed by atoms with van der Waals surface area (Å²) in [6, 6.07) is 4.71. The van der Waals surface area contributed by atoms with Gasteiger partial charge in [0, 0.05) is 43.0 Å². The first-order valence-electron chi connectivity index (χ1n) is 14.3. The first-order valence-corrected chi connectivity index (χ1v) is 14.3. The van der Waals surface area contributed by atoms with Crippen LogP contribution in [0.25, 0.3) is 10.8 Å². The van der Waals surface area contributed by atoms with Gasteiger partial charge in [0.25, 0.3) is 0 Å². The molecule has 11 nitrogen and oxygen atoms in total. The van der Waals surface area contributed by atoms with Gasteiger partial charge in [-0.3, -0.25) is 33.8 Å². The molecular weight excluding hydrogens is 540 g/mol. The van der Waals surface area contributed by atoms with Gasteiger partial charge in [0.05, 0.1) is 17.5 Å². The van der Waals surface area contributed by atoms with Crippen LogP contribution < -0.4 is 10.6 Å². The zero-order valence-corrected chi connectivity index (χ0v) is 24.2. The number of likely N-dealkylation sites (tertiary alicyclic amines) is 1. The van der Waals surface area contributed by atoms with E-state index in [0.717, 1.165) is 36.1 Å². The fraction of sp³-hybridized carbons (Fsp3) is 0.516. The summed E-state index contributed by atoms with van der Waals surface area (Å²) in [4.78, 5) is 73.0. The lowest BCUT2D eigenvalue weighted by molar-refractivity contribution is -0.181. The van der Waals surface area contributed by atoms with Crippen LogP contribution in [0.15, 0.2) is 18.2 Å². The van der Waals surface area contributed by atoms with Crippen molar-refractivity contribution in [1.82, 2.24) is 9.80 Å². The summed E-state index contributed by atoms with van der Waals surface area (Å²) in [5, 5.41) is 24.7. The Balaban J connectivity index is 1.51. The number of aromatic hydroxyl groups is 1. The molecule has 0 bridgehead atoms. The van der Waals surface area contributed by atoms with E-state index in [-0.39, 0.29) is 24.2 Å². The predicted octanol–water partition coefficient (Wildman–Crippen LogP) is 0.292. The fourth-order valence-corrected chi connectivity index (χ4v) is 7.91. The normalized spacial score (nSPS) is 31.0. The summed E-state index contributed by atoms with van der Waals surface area (Å²) in [6.45, 7) is 2.71. The SMILES string of the molecule is CN(C)c1c2c(c(O)c3cc(CN4CCC4)ccc13)C(=O)C1C(=O)[C@]3(O)C(=O)C(C(N)=O)C(=O)[C@@H](N(C)C)[C@@H]3C[C@@H]1C2. The molecule has 1 amide bonds. The van der Waals surface area contributed by atoms with Crippen LogP contribution in [-0.2, 0) is 32.1 Å². The third-order valence-electron chi connectivity index (χ3n) is 9.87. The monoisotopic (exact) mass is 576 g/mol. The number of fused-ring (bicyclic) bond motifs is 4. The Kier molecular flexibility index (Phi) is 6.56. The van der Waals surface area contributed by atoms with E-state index in [1.54, 1.807) is 14.1 Å². The number of Topliss-reactive ketones (excluding diaryl/α,β-unsaturated/α-hetero) is 4. The third-order valence-corrected chi connectivity index (χ3v) is 9.87. The number of phenolic OH excluding ortho intramolecular Hbond substituents is 1. The Morgan fingerprint density at radius 1 is 1.07 bits per heavy atom. The molecule has 6 atom stereocenters. The number of hydrogen-bond donors (Lipinski definition) is 3. The first kappa shape index (κ1) is 28.4. The number of phenols is 1. The number of nitrogens with two attached hydrogens (primary N) is 1. The van der Waals surface area contributed by atoms with Crippen molar-refractivity contribution >= 4 is 45.5 Å². The summed E-state index contributed by atoms with van der Waals surface area (Å²) in [6.07, 6.45) is 1.38. The Labute approximate surface area is 243 Å².